The van der Waals surface area contributed by atoms with Gasteiger partial charge in [0.25, 0.3) is 5.41 Å². The summed E-state index contributed by atoms with van der Waals surface area (Å²) in [6.45, 7) is 3.97. The quantitative estimate of drug-likeness (QED) is 0.549. The largest absolute Gasteiger partial charge is 0.375 e. The van der Waals surface area contributed by atoms with Gasteiger partial charge in [-0.25, -0.2) is 4.39 Å². The second-order valence-electron chi connectivity index (χ2n) is 4.12. The van der Waals surface area contributed by atoms with Gasteiger partial charge in [0, 0.05) is 10.6 Å². The number of rotatable bonds is 7. The van der Waals surface area contributed by atoms with Crippen LogP contribution >= 0.6 is 19.2 Å². The van der Waals surface area contributed by atoms with Crippen molar-refractivity contribution in [3.63, 3.8) is 0 Å². The molecule has 1 aromatic carbocycles. The van der Waals surface area contributed by atoms with Crippen LogP contribution in [0, 0.1) is 0 Å². The van der Waals surface area contributed by atoms with Crippen molar-refractivity contribution in [2.24, 2.45) is 0 Å². The topological polar surface area (TPSA) is 52.6 Å². The van der Waals surface area contributed by atoms with E-state index in [0.29, 0.717) is 5.02 Å². The average Bonchev–Trinajstić information content (AvgIpc) is 2.39. The van der Waals surface area contributed by atoms with Gasteiger partial charge in [-0.15, -0.1) is 0 Å². The van der Waals surface area contributed by atoms with E-state index in [2.05, 4.69) is 0 Å². The highest BCUT2D eigenvalue weighted by atomic mass is 35.5. The minimum Gasteiger partial charge on any atom is -0.306 e. The standard InChI is InChI=1S/C13H17ClFO4P/c1-4-18-20(17,19-5-2)13(3,15)12(16)10-6-8-11(14)9-7-10/h6-9H,4-5H2,1-3H3. The molecule has 0 amide bonds. The van der Waals surface area contributed by atoms with E-state index in [1.165, 1.54) is 24.3 Å². The molecule has 0 saturated carbocycles. The van der Waals surface area contributed by atoms with Crippen LogP contribution < -0.4 is 0 Å². The molecule has 1 atom stereocenters. The molecular formula is C13H17ClFO4P. The summed E-state index contributed by atoms with van der Waals surface area (Å²) in [5.41, 5.74) is 0.0547. The normalized spacial score (nSPS) is 14.8. The van der Waals surface area contributed by atoms with Gasteiger partial charge >= 0.3 is 7.60 Å². The Kier molecular flexibility index (Phi) is 5.90. The Balaban J connectivity index is 3.15. The molecule has 1 rings (SSSR count). The fraction of sp³-hybridized carbons (Fsp3) is 0.462. The van der Waals surface area contributed by atoms with Crippen molar-refractivity contribution in [1.29, 1.82) is 0 Å². The van der Waals surface area contributed by atoms with Gasteiger partial charge in [-0.05, 0) is 45.0 Å². The highest BCUT2D eigenvalue weighted by Crippen LogP contribution is 2.61. The third-order valence-electron chi connectivity index (χ3n) is 2.63. The molecule has 0 fully saturated rings. The molecule has 0 aromatic heterocycles. The van der Waals surface area contributed by atoms with E-state index < -0.39 is 18.8 Å². The second-order valence-corrected chi connectivity index (χ2v) is 6.91. The van der Waals surface area contributed by atoms with Crippen LogP contribution in [0.1, 0.15) is 31.1 Å². The molecule has 0 N–H and O–H groups in total. The van der Waals surface area contributed by atoms with E-state index in [0.717, 1.165) is 6.92 Å². The maximum atomic E-state index is 14.8. The van der Waals surface area contributed by atoms with Gasteiger partial charge in [-0.1, -0.05) is 11.6 Å². The Morgan fingerprint density at radius 1 is 1.25 bits per heavy atom. The van der Waals surface area contributed by atoms with Crippen molar-refractivity contribution < 1.29 is 22.8 Å². The number of hydrogen-bond acceptors (Lipinski definition) is 4. The van der Waals surface area contributed by atoms with E-state index in [1.54, 1.807) is 13.8 Å². The second kappa shape index (κ2) is 6.81. The SMILES string of the molecule is CCOP(=O)(OCC)C(C)(F)C(=O)c1ccc(Cl)cc1. The zero-order valence-corrected chi connectivity index (χ0v) is 13.2. The lowest BCUT2D eigenvalue weighted by molar-refractivity contribution is 0.0771. The third kappa shape index (κ3) is 3.47. The molecule has 4 nitrogen and oxygen atoms in total. The highest BCUT2D eigenvalue weighted by Gasteiger charge is 2.54. The zero-order chi connectivity index (χ0) is 15.4. The van der Waals surface area contributed by atoms with Crippen LogP contribution in [0.25, 0.3) is 0 Å². The van der Waals surface area contributed by atoms with E-state index in [1.807, 2.05) is 0 Å². The van der Waals surface area contributed by atoms with Gasteiger partial charge in [-0.3, -0.25) is 9.36 Å². The minimum atomic E-state index is -4.20. The Morgan fingerprint density at radius 2 is 1.70 bits per heavy atom. The molecular weight excluding hydrogens is 306 g/mol. The summed E-state index contributed by atoms with van der Waals surface area (Å²) in [5, 5.41) is -2.34. The number of halogens is 2. The highest BCUT2D eigenvalue weighted by molar-refractivity contribution is 7.56. The lowest BCUT2D eigenvalue weighted by Gasteiger charge is -2.27. The number of carbonyl (C=O) groups is 1. The van der Waals surface area contributed by atoms with E-state index in [-0.39, 0.29) is 18.8 Å². The molecule has 1 unspecified atom stereocenters. The van der Waals surface area contributed by atoms with Crippen LogP contribution in [0.4, 0.5) is 4.39 Å². The summed E-state index contributed by atoms with van der Waals surface area (Å²) in [4.78, 5) is 12.2. The summed E-state index contributed by atoms with van der Waals surface area (Å²) in [7, 11) is -4.20. The van der Waals surface area contributed by atoms with E-state index in [9.17, 15) is 13.8 Å². The van der Waals surface area contributed by atoms with Crippen molar-refractivity contribution in [3.8, 4) is 0 Å². The first-order valence-electron chi connectivity index (χ1n) is 6.17. The Labute approximate surface area is 122 Å². The van der Waals surface area contributed by atoms with Gasteiger partial charge in [0.15, 0.2) is 0 Å². The number of alkyl halides is 1. The summed E-state index contributed by atoms with van der Waals surface area (Å²) < 4.78 is 37.1. The predicted octanol–water partition coefficient (Wildman–Crippen LogP) is 4.47. The number of carbonyl (C=O) groups excluding carboxylic acids is 1. The molecule has 0 heterocycles. The molecule has 0 bridgehead atoms. The third-order valence-corrected chi connectivity index (χ3v) is 5.31. The number of ketones is 1. The fourth-order valence-corrected chi connectivity index (χ4v) is 3.35. The van der Waals surface area contributed by atoms with Crippen molar-refractivity contribution >= 4 is 25.0 Å². The van der Waals surface area contributed by atoms with Crippen LogP contribution in [0.3, 0.4) is 0 Å². The van der Waals surface area contributed by atoms with Gasteiger partial charge in [0.2, 0.25) is 5.78 Å². The zero-order valence-electron chi connectivity index (χ0n) is 11.6. The van der Waals surface area contributed by atoms with Crippen molar-refractivity contribution in [2.45, 2.75) is 26.2 Å². The minimum absolute atomic E-state index is 0.0231. The molecule has 0 radical (unpaired) electrons. The Hall–Kier alpha value is -0.740. The molecule has 112 valence electrons. The van der Waals surface area contributed by atoms with Gasteiger partial charge in [0.1, 0.15) is 0 Å². The smallest absolute Gasteiger partial charge is 0.306 e. The summed E-state index contributed by atoms with van der Waals surface area (Å²) in [6, 6.07) is 5.64. The lowest BCUT2D eigenvalue weighted by Crippen LogP contribution is -2.32. The number of benzene rings is 1. The lowest BCUT2D eigenvalue weighted by atomic mass is 10.1. The summed E-state index contributed by atoms with van der Waals surface area (Å²) in [6.07, 6.45) is 0. The van der Waals surface area contributed by atoms with Crippen LogP contribution in [0.15, 0.2) is 24.3 Å². The summed E-state index contributed by atoms with van der Waals surface area (Å²) >= 11 is 5.71. The molecule has 20 heavy (non-hydrogen) atoms. The molecule has 7 heteroatoms. The van der Waals surface area contributed by atoms with Crippen molar-refractivity contribution in [3.05, 3.63) is 34.9 Å². The van der Waals surface area contributed by atoms with Gasteiger partial charge < -0.3 is 9.05 Å². The molecule has 0 saturated heterocycles. The van der Waals surface area contributed by atoms with E-state index >= 15 is 0 Å². The first-order valence-corrected chi connectivity index (χ1v) is 8.09. The monoisotopic (exact) mass is 322 g/mol. The average molecular weight is 323 g/mol. The molecule has 0 spiro atoms. The van der Waals surface area contributed by atoms with Gasteiger partial charge in [0.05, 0.1) is 13.2 Å². The van der Waals surface area contributed by atoms with E-state index in [4.69, 9.17) is 20.6 Å². The predicted molar refractivity (Wildman–Crippen MR) is 76.2 cm³/mol. The van der Waals surface area contributed by atoms with Crippen molar-refractivity contribution in [2.75, 3.05) is 13.2 Å². The van der Waals surface area contributed by atoms with Crippen molar-refractivity contribution in [1.82, 2.24) is 0 Å². The molecule has 0 aliphatic rings. The summed E-state index contributed by atoms with van der Waals surface area (Å²) in [5.74, 6) is -0.959. The van der Waals surface area contributed by atoms with Crippen LogP contribution in [0.2, 0.25) is 5.02 Å². The molecule has 1 aromatic rings. The first-order chi connectivity index (χ1) is 9.28. The molecule has 0 aliphatic carbocycles. The Bertz CT molecular complexity index is 506. The van der Waals surface area contributed by atoms with Crippen LogP contribution in [0.5, 0.6) is 0 Å². The Morgan fingerprint density at radius 3 is 2.10 bits per heavy atom. The van der Waals surface area contributed by atoms with Gasteiger partial charge in [-0.2, -0.15) is 0 Å². The van der Waals surface area contributed by atoms with Crippen LogP contribution in [-0.4, -0.2) is 24.4 Å². The maximum absolute atomic E-state index is 14.8. The molecule has 0 aliphatic heterocycles. The number of hydrogen-bond donors (Lipinski definition) is 0. The first kappa shape index (κ1) is 17.3. The van der Waals surface area contributed by atoms with Crippen LogP contribution in [-0.2, 0) is 13.6 Å². The number of Topliss-reactive ketones (excluding diaryl/α,β-unsaturated/α-hetero) is 1. The maximum Gasteiger partial charge on any atom is 0.375 e. The fourth-order valence-electron chi connectivity index (χ4n) is 1.61.